The summed E-state index contributed by atoms with van der Waals surface area (Å²) in [6.07, 6.45) is 2.02. The van der Waals surface area contributed by atoms with Gasteiger partial charge in [-0.1, -0.05) is 0 Å². The van der Waals surface area contributed by atoms with Crippen LogP contribution in [0.3, 0.4) is 0 Å². The molecule has 0 aliphatic carbocycles. The topological polar surface area (TPSA) is 71.1 Å². The molecule has 1 N–H and O–H groups in total. The molecule has 0 radical (unpaired) electrons. The molecular formula is C21H23N3O4. The van der Waals surface area contributed by atoms with E-state index >= 15 is 0 Å². The van der Waals surface area contributed by atoms with Gasteiger partial charge >= 0.3 is 0 Å². The van der Waals surface area contributed by atoms with Crippen LogP contribution >= 0.6 is 0 Å². The van der Waals surface area contributed by atoms with E-state index in [0.29, 0.717) is 28.3 Å². The van der Waals surface area contributed by atoms with Gasteiger partial charge in [-0.25, -0.2) is 0 Å². The standard InChI is InChI=1S/C21H23N3O4/c1-23-18-9-13(6-7-17(18)21(26)24-8-4-5-19(23)24)20(25)22-14-10-15(27-2)12-16(11-14)28-3/h6-7,9-12,19H,4-5,8H2,1-3H3,(H,22,25). The van der Waals surface area contributed by atoms with Gasteiger partial charge in [-0.15, -0.1) is 0 Å². The first-order valence-corrected chi connectivity index (χ1v) is 9.24. The first-order chi connectivity index (χ1) is 13.5. The number of carbonyl (C=O) groups is 2. The molecule has 4 rings (SSSR count). The first kappa shape index (κ1) is 18.2. The van der Waals surface area contributed by atoms with Crippen molar-refractivity contribution in [3.8, 4) is 11.5 Å². The van der Waals surface area contributed by atoms with Crippen molar-refractivity contribution >= 4 is 23.2 Å². The fourth-order valence-electron chi connectivity index (χ4n) is 3.93. The number of benzene rings is 2. The quantitative estimate of drug-likeness (QED) is 0.882. The van der Waals surface area contributed by atoms with E-state index in [1.54, 1.807) is 50.6 Å². The molecule has 0 saturated carbocycles. The van der Waals surface area contributed by atoms with Crippen LogP contribution in [-0.2, 0) is 0 Å². The predicted molar refractivity (Wildman–Crippen MR) is 106 cm³/mol. The number of carbonyl (C=O) groups excluding carboxylic acids is 2. The lowest BCUT2D eigenvalue weighted by Gasteiger charge is -2.40. The summed E-state index contributed by atoms with van der Waals surface area (Å²) in [5.74, 6) is 0.964. The molecule has 1 atom stereocenters. The summed E-state index contributed by atoms with van der Waals surface area (Å²) in [5, 5.41) is 2.87. The molecule has 2 aromatic carbocycles. The summed E-state index contributed by atoms with van der Waals surface area (Å²) in [6.45, 7) is 0.785. The van der Waals surface area contributed by atoms with Crippen molar-refractivity contribution in [2.45, 2.75) is 19.0 Å². The Hall–Kier alpha value is -3.22. The summed E-state index contributed by atoms with van der Waals surface area (Å²) < 4.78 is 10.5. The normalized spacial score (nSPS) is 17.8. The van der Waals surface area contributed by atoms with Crippen molar-refractivity contribution in [1.29, 1.82) is 0 Å². The maximum absolute atomic E-state index is 12.8. The molecule has 2 aromatic rings. The molecule has 2 aliphatic heterocycles. The zero-order valence-electron chi connectivity index (χ0n) is 16.2. The summed E-state index contributed by atoms with van der Waals surface area (Å²) in [5.41, 5.74) is 2.50. The number of ether oxygens (including phenoxy) is 2. The Morgan fingerprint density at radius 1 is 1.11 bits per heavy atom. The van der Waals surface area contributed by atoms with Crippen LogP contribution in [0.2, 0.25) is 0 Å². The Balaban J connectivity index is 1.62. The minimum Gasteiger partial charge on any atom is -0.497 e. The second-order valence-corrected chi connectivity index (χ2v) is 7.02. The smallest absolute Gasteiger partial charge is 0.257 e. The molecule has 0 spiro atoms. The number of anilines is 2. The molecule has 2 aliphatic rings. The maximum Gasteiger partial charge on any atom is 0.257 e. The van der Waals surface area contributed by atoms with E-state index in [0.717, 1.165) is 25.1 Å². The summed E-state index contributed by atoms with van der Waals surface area (Å²) in [6, 6.07) is 10.4. The van der Waals surface area contributed by atoms with Crippen LogP contribution in [0, 0.1) is 0 Å². The first-order valence-electron chi connectivity index (χ1n) is 9.24. The Bertz CT molecular complexity index is 921. The predicted octanol–water partition coefficient (Wildman–Crippen LogP) is 2.97. The van der Waals surface area contributed by atoms with E-state index in [2.05, 4.69) is 10.2 Å². The van der Waals surface area contributed by atoms with Crippen molar-refractivity contribution in [2.75, 3.05) is 38.0 Å². The maximum atomic E-state index is 12.8. The van der Waals surface area contributed by atoms with Gasteiger partial charge in [0.15, 0.2) is 0 Å². The van der Waals surface area contributed by atoms with Gasteiger partial charge in [0.2, 0.25) is 0 Å². The van der Waals surface area contributed by atoms with E-state index < -0.39 is 0 Å². The number of hydrogen-bond donors (Lipinski definition) is 1. The average Bonchev–Trinajstić information content (AvgIpc) is 3.21. The number of fused-ring (bicyclic) bond motifs is 2. The zero-order chi connectivity index (χ0) is 19.8. The molecule has 0 aromatic heterocycles. The second kappa shape index (κ2) is 7.07. The number of hydrogen-bond acceptors (Lipinski definition) is 5. The highest BCUT2D eigenvalue weighted by Crippen LogP contribution is 2.35. The van der Waals surface area contributed by atoms with Crippen molar-refractivity contribution in [3.63, 3.8) is 0 Å². The molecule has 1 unspecified atom stereocenters. The number of amides is 2. The van der Waals surface area contributed by atoms with Gasteiger partial charge in [0.05, 0.1) is 25.5 Å². The minimum atomic E-state index is -0.257. The van der Waals surface area contributed by atoms with E-state index in [1.807, 2.05) is 11.9 Å². The van der Waals surface area contributed by atoms with Crippen LogP contribution in [0.25, 0.3) is 0 Å². The lowest BCUT2D eigenvalue weighted by Crippen LogP contribution is -2.50. The number of methoxy groups -OCH3 is 2. The number of rotatable bonds is 4. The molecule has 1 fully saturated rings. The molecular weight excluding hydrogens is 358 g/mol. The third kappa shape index (κ3) is 3.02. The number of nitrogens with zero attached hydrogens (tertiary/aromatic N) is 2. The average molecular weight is 381 g/mol. The van der Waals surface area contributed by atoms with Crippen LogP contribution in [0.15, 0.2) is 36.4 Å². The van der Waals surface area contributed by atoms with Crippen LogP contribution in [0.5, 0.6) is 11.5 Å². The van der Waals surface area contributed by atoms with E-state index in [4.69, 9.17) is 9.47 Å². The molecule has 28 heavy (non-hydrogen) atoms. The molecule has 146 valence electrons. The minimum absolute atomic E-state index is 0.0418. The summed E-state index contributed by atoms with van der Waals surface area (Å²) in [7, 11) is 5.09. The van der Waals surface area contributed by atoms with E-state index in [9.17, 15) is 9.59 Å². The van der Waals surface area contributed by atoms with Crippen LogP contribution in [0.4, 0.5) is 11.4 Å². The fourth-order valence-corrected chi connectivity index (χ4v) is 3.93. The lowest BCUT2D eigenvalue weighted by atomic mass is 10.0. The van der Waals surface area contributed by atoms with E-state index in [-0.39, 0.29) is 18.0 Å². The van der Waals surface area contributed by atoms with Crippen LogP contribution in [-0.4, -0.2) is 50.7 Å². The zero-order valence-corrected chi connectivity index (χ0v) is 16.2. The van der Waals surface area contributed by atoms with Gasteiger partial charge in [0.1, 0.15) is 17.7 Å². The third-order valence-electron chi connectivity index (χ3n) is 5.41. The molecule has 0 bridgehead atoms. The van der Waals surface area contributed by atoms with Gasteiger partial charge in [-0.05, 0) is 31.0 Å². The molecule has 2 amide bonds. The van der Waals surface area contributed by atoms with Crippen molar-refractivity contribution in [1.82, 2.24) is 4.90 Å². The van der Waals surface area contributed by atoms with Crippen molar-refractivity contribution in [2.24, 2.45) is 0 Å². The lowest BCUT2D eigenvalue weighted by molar-refractivity contribution is 0.0719. The van der Waals surface area contributed by atoms with Crippen molar-refractivity contribution < 1.29 is 19.1 Å². The van der Waals surface area contributed by atoms with Crippen LogP contribution in [0.1, 0.15) is 33.6 Å². The second-order valence-electron chi connectivity index (χ2n) is 7.02. The Morgan fingerprint density at radius 2 is 1.82 bits per heavy atom. The molecule has 7 nitrogen and oxygen atoms in total. The fraction of sp³-hybridized carbons (Fsp3) is 0.333. The highest BCUT2D eigenvalue weighted by molar-refractivity contribution is 6.08. The van der Waals surface area contributed by atoms with Gasteiger partial charge < -0.3 is 24.6 Å². The van der Waals surface area contributed by atoms with Gasteiger partial charge in [-0.3, -0.25) is 9.59 Å². The van der Waals surface area contributed by atoms with Crippen molar-refractivity contribution in [3.05, 3.63) is 47.5 Å². The highest BCUT2D eigenvalue weighted by Gasteiger charge is 2.38. The molecule has 2 heterocycles. The van der Waals surface area contributed by atoms with E-state index in [1.165, 1.54) is 0 Å². The van der Waals surface area contributed by atoms with Crippen LogP contribution < -0.4 is 19.7 Å². The summed E-state index contributed by atoms with van der Waals surface area (Å²) in [4.78, 5) is 29.5. The van der Waals surface area contributed by atoms with Gasteiger partial charge in [0, 0.05) is 43.0 Å². The summed E-state index contributed by atoms with van der Waals surface area (Å²) >= 11 is 0. The Labute approximate surface area is 163 Å². The van der Waals surface area contributed by atoms with Gasteiger partial charge in [-0.2, -0.15) is 0 Å². The SMILES string of the molecule is COc1cc(NC(=O)c2ccc3c(c2)N(C)C2CCCN2C3=O)cc(OC)c1. The van der Waals surface area contributed by atoms with Gasteiger partial charge in [0.25, 0.3) is 11.8 Å². The molecule has 1 saturated heterocycles. The monoisotopic (exact) mass is 381 g/mol. The molecule has 7 heteroatoms. The Morgan fingerprint density at radius 3 is 2.50 bits per heavy atom. The number of nitrogens with one attached hydrogen (secondary N) is 1. The Kier molecular flexibility index (Phi) is 4.58. The largest absolute Gasteiger partial charge is 0.497 e. The third-order valence-corrected chi connectivity index (χ3v) is 5.41. The highest BCUT2D eigenvalue weighted by atomic mass is 16.5.